The van der Waals surface area contributed by atoms with Crippen LogP contribution in [0.1, 0.15) is 35.7 Å². The van der Waals surface area contributed by atoms with Crippen molar-refractivity contribution < 1.29 is 19.4 Å². The van der Waals surface area contributed by atoms with Crippen LogP contribution in [0.4, 0.5) is 16.2 Å². The molecular formula is C29H28N2O4. The summed E-state index contributed by atoms with van der Waals surface area (Å²) in [5.41, 5.74) is 2.37. The Morgan fingerprint density at radius 3 is 2.37 bits per heavy atom. The third-order valence-corrected chi connectivity index (χ3v) is 5.84. The van der Waals surface area contributed by atoms with Crippen LogP contribution in [0.5, 0.6) is 11.5 Å². The first kappa shape index (κ1) is 23.8. The van der Waals surface area contributed by atoms with Gasteiger partial charge in [-0.3, -0.25) is 9.69 Å². The molecule has 0 aliphatic heterocycles. The Balaban J connectivity index is 1.69. The number of phenolic OH excluding ortho intramolecular Hbond substituents is 1. The number of hydrogen-bond acceptors (Lipinski definition) is 4. The lowest BCUT2D eigenvalue weighted by atomic mass is 10.0. The van der Waals surface area contributed by atoms with Gasteiger partial charge in [0.1, 0.15) is 11.5 Å². The molecule has 0 saturated heterocycles. The quantitative estimate of drug-likeness (QED) is 0.309. The molecule has 6 heteroatoms. The fourth-order valence-corrected chi connectivity index (χ4v) is 3.92. The molecule has 4 aromatic carbocycles. The van der Waals surface area contributed by atoms with Crippen LogP contribution < -0.4 is 15.0 Å². The minimum atomic E-state index is -0.502. The summed E-state index contributed by atoms with van der Waals surface area (Å²) >= 11 is 0. The SMILES string of the molecule is CCCCN(C(=O)Oc1ccccc1)c1cccc2c(O)c(C(=O)Nc3ccccc3C)ccc12. The molecule has 0 aromatic heterocycles. The first-order valence-electron chi connectivity index (χ1n) is 11.7. The molecule has 0 aliphatic carbocycles. The fourth-order valence-electron chi connectivity index (χ4n) is 3.92. The van der Waals surface area contributed by atoms with Crippen LogP contribution in [0, 0.1) is 6.92 Å². The number of fused-ring (bicyclic) bond motifs is 1. The van der Waals surface area contributed by atoms with E-state index in [0.717, 1.165) is 18.4 Å². The van der Waals surface area contributed by atoms with E-state index in [9.17, 15) is 14.7 Å². The van der Waals surface area contributed by atoms with Crippen LogP contribution in [0.3, 0.4) is 0 Å². The zero-order valence-corrected chi connectivity index (χ0v) is 19.8. The lowest BCUT2D eigenvalue weighted by Crippen LogP contribution is -2.34. The molecule has 0 atom stereocenters. The van der Waals surface area contributed by atoms with E-state index in [-0.39, 0.29) is 11.3 Å². The highest BCUT2D eigenvalue weighted by atomic mass is 16.6. The van der Waals surface area contributed by atoms with Crippen molar-refractivity contribution in [3.8, 4) is 11.5 Å². The molecule has 0 bridgehead atoms. The van der Waals surface area contributed by atoms with Crippen molar-refractivity contribution in [1.29, 1.82) is 0 Å². The number of phenols is 1. The van der Waals surface area contributed by atoms with E-state index in [2.05, 4.69) is 12.2 Å². The van der Waals surface area contributed by atoms with Crippen molar-refractivity contribution >= 4 is 34.1 Å². The van der Waals surface area contributed by atoms with E-state index in [1.165, 1.54) is 0 Å². The van der Waals surface area contributed by atoms with Crippen molar-refractivity contribution in [2.24, 2.45) is 0 Å². The highest BCUT2D eigenvalue weighted by molar-refractivity contribution is 6.12. The number of aryl methyl sites for hydroxylation is 1. The van der Waals surface area contributed by atoms with Gasteiger partial charge in [-0.05, 0) is 49.2 Å². The van der Waals surface area contributed by atoms with Crippen molar-refractivity contribution in [3.05, 3.63) is 96.1 Å². The second-order valence-corrected chi connectivity index (χ2v) is 8.29. The van der Waals surface area contributed by atoms with Gasteiger partial charge >= 0.3 is 6.09 Å². The van der Waals surface area contributed by atoms with Crippen molar-refractivity contribution in [2.75, 3.05) is 16.8 Å². The second-order valence-electron chi connectivity index (χ2n) is 8.29. The molecule has 0 fully saturated rings. The number of nitrogens with zero attached hydrogens (tertiary/aromatic N) is 1. The number of unbranched alkanes of at least 4 members (excludes halogenated alkanes) is 1. The molecule has 4 aromatic rings. The average Bonchev–Trinajstić information content (AvgIpc) is 2.86. The predicted molar refractivity (Wildman–Crippen MR) is 139 cm³/mol. The maximum absolute atomic E-state index is 13.1. The van der Waals surface area contributed by atoms with E-state index in [1.54, 1.807) is 53.4 Å². The van der Waals surface area contributed by atoms with Crippen LogP contribution in [0.15, 0.2) is 84.9 Å². The van der Waals surface area contributed by atoms with Gasteiger partial charge in [-0.15, -0.1) is 0 Å². The zero-order valence-electron chi connectivity index (χ0n) is 19.8. The minimum absolute atomic E-state index is 0.137. The first-order chi connectivity index (χ1) is 17.0. The number of benzene rings is 4. The summed E-state index contributed by atoms with van der Waals surface area (Å²) in [5, 5.41) is 15.0. The Bertz CT molecular complexity index is 1350. The molecule has 0 unspecified atom stereocenters. The molecule has 0 heterocycles. The number of amides is 2. The molecule has 2 N–H and O–H groups in total. The molecule has 0 spiro atoms. The fraction of sp³-hybridized carbons (Fsp3) is 0.172. The van der Waals surface area contributed by atoms with Crippen LogP contribution >= 0.6 is 0 Å². The minimum Gasteiger partial charge on any atom is -0.506 e. The van der Waals surface area contributed by atoms with Crippen LogP contribution in [-0.2, 0) is 0 Å². The molecule has 178 valence electrons. The topological polar surface area (TPSA) is 78.9 Å². The second kappa shape index (κ2) is 10.7. The highest BCUT2D eigenvalue weighted by Crippen LogP contribution is 2.36. The number of hydrogen-bond donors (Lipinski definition) is 2. The highest BCUT2D eigenvalue weighted by Gasteiger charge is 2.22. The summed E-state index contributed by atoms with van der Waals surface area (Å²) in [6.45, 7) is 4.41. The number of para-hydroxylation sites is 2. The molecular weight excluding hydrogens is 440 g/mol. The zero-order chi connectivity index (χ0) is 24.8. The average molecular weight is 469 g/mol. The van der Waals surface area contributed by atoms with E-state index >= 15 is 0 Å². The third kappa shape index (κ3) is 5.27. The van der Waals surface area contributed by atoms with E-state index in [1.807, 2.05) is 43.3 Å². The summed E-state index contributed by atoms with van der Waals surface area (Å²) < 4.78 is 5.61. The summed E-state index contributed by atoms with van der Waals surface area (Å²) in [6.07, 6.45) is 1.18. The van der Waals surface area contributed by atoms with Gasteiger partial charge in [0.15, 0.2) is 0 Å². The van der Waals surface area contributed by atoms with Crippen LogP contribution in [-0.4, -0.2) is 23.7 Å². The number of ether oxygens (including phenoxy) is 1. The summed E-state index contributed by atoms with van der Waals surface area (Å²) in [6, 6.07) is 25.0. The number of carbonyl (C=O) groups excluding carboxylic acids is 2. The van der Waals surface area contributed by atoms with E-state index in [0.29, 0.717) is 34.4 Å². The summed E-state index contributed by atoms with van der Waals surface area (Å²) in [5.74, 6) is -0.0880. The number of rotatable bonds is 7. The van der Waals surface area contributed by atoms with Crippen molar-refractivity contribution in [2.45, 2.75) is 26.7 Å². The monoisotopic (exact) mass is 468 g/mol. The van der Waals surface area contributed by atoms with Gasteiger partial charge in [0.25, 0.3) is 5.91 Å². The van der Waals surface area contributed by atoms with Crippen molar-refractivity contribution in [1.82, 2.24) is 0 Å². The number of nitrogens with one attached hydrogen (secondary N) is 1. The molecule has 35 heavy (non-hydrogen) atoms. The smallest absolute Gasteiger partial charge is 0.419 e. The Morgan fingerprint density at radius 1 is 0.886 bits per heavy atom. The number of aromatic hydroxyl groups is 1. The molecule has 4 rings (SSSR count). The largest absolute Gasteiger partial charge is 0.506 e. The Morgan fingerprint density at radius 2 is 1.63 bits per heavy atom. The molecule has 6 nitrogen and oxygen atoms in total. The normalized spacial score (nSPS) is 10.7. The lowest BCUT2D eigenvalue weighted by Gasteiger charge is -2.24. The van der Waals surface area contributed by atoms with Gasteiger partial charge < -0.3 is 15.2 Å². The van der Waals surface area contributed by atoms with E-state index in [4.69, 9.17) is 4.74 Å². The summed E-state index contributed by atoms with van der Waals surface area (Å²) in [4.78, 5) is 27.7. The van der Waals surface area contributed by atoms with Gasteiger partial charge in [-0.2, -0.15) is 0 Å². The summed E-state index contributed by atoms with van der Waals surface area (Å²) in [7, 11) is 0. The van der Waals surface area contributed by atoms with Crippen molar-refractivity contribution in [3.63, 3.8) is 0 Å². The predicted octanol–water partition coefficient (Wildman–Crippen LogP) is 6.91. The molecule has 0 aliphatic rings. The Hall–Kier alpha value is -4.32. The van der Waals surface area contributed by atoms with Gasteiger partial charge in [0.05, 0.1) is 11.3 Å². The Kier molecular flexibility index (Phi) is 7.31. The maximum atomic E-state index is 13.1. The van der Waals surface area contributed by atoms with Gasteiger partial charge in [0, 0.05) is 23.0 Å². The Labute approximate surface area is 204 Å². The standard InChI is InChI=1S/C29H28N2O4/c1-3-4-19-31(29(34)35-21-12-6-5-7-13-21)26-16-10-14-23-22(26)17-18-24(27(23)32)28(33)30-25-15-9-8-11-20(25)2/h5-18,32H,3-4,19H2,1-2H3,(H,30,33). The van der Waals surface area contributed by atoms with Gasteiger partial charge in [-0.1, -0.05) is 67.9 Å². The first-order valence-corrected chi connectivity index (χ1v) is 11.7. The third-order valence-electron chi connectivity index (χ3n) is 5.84. The van der Waals surface area contributed by atoms with Crippen LogP contribution in [0.2, 0.25) is 0 Å². The lowest BCUT2D eigenvalue weighted by molar-refractivity contribution is 0.102. The van der Waals surface area contributed by atoms with Gasteiger partial charge in [0.2, 0.25) is 0 Å². The van der Waals surface area contributed by atoms with E-state index < -0.39 is 12.0 Å². The number of anilines is 2. The van der Waals surface area contributed by atoms with Crippen LogP contribution in [0.25, 0.3) is 10.8 Å². The number of carbonyl (C=O) groups is 2. The molecule has 0 radical (unpaired) electrons. The van der Waals surface area contributed by atoms with Gasteiger partial charge in [-0.25, -0.2) is 4.79 Å². The maximum Gasteiger partial charge on any atom is 0.419 e. The molecule has 0 saturated carbocycles. The molecule has 2 amide bonds.